The fourth-order valence-electron chi connectivity index (χ4n) is 1.46. The van der Waals surface area contributed by atoms with Gasteiger partial charge in [0.05, 0.1) is 17.6 Å². The Kier molecular flexibility index (Phi) is 4.69. The van der Waals surface area contributed by atoms with Gasteiger partial charge >= 0.3 is 11.9 Å². The quantitative estimate of drug-likeness (QED) is 0.506. The zero-order chi connectivity index (χ0) is 15.5. The number of esters is 1. The van der Waals surface area contributed by atoms with Crippen molar-refractivity contribution in [2.24, 2.45) is 0 Å². The average molecular weight is 302 g/mol. The zero-order valence-corrected chi connectivity index (χ0v) is 11.6. The first kappa shape index (κ1) is 15.9. The summed E-state index contributed by atoms with van der Waals surface area (Å²) in [6.07, 6.45) is 0. The van der Waals surface area contributed by atoms with Gasteiger partial charge in [-0.15, -0.1) is 0 Å². The predicted octanol–water partition coefficient (Wildman–Crippen LogP) is -0.193. The average Bonchev–Trinajstić information content (AvgIpc) is 2.36. The molecule has 8 nitrogen and oxygen atoms in total. The van der Waals surface area contributed by atoms with Crippen LogP contribution < -0.4 is 10.5 Å². The second-order valence-corrected chi connectivity index (χ2v) is 5.61. The summed E-state index contributed by atoms with van der Waals surface area (Å²) >= 11 is 0. The molecule has 1 aromatic rings. The van der Waals surface area contributed by atoms with E-state index in [0.717, 1.165) is 19.2 Å². The van der Waals surface area contributed by atoms with Crippen molar-refractivity contribution < 1.29 is 27.9 Å². The van der Waals surface area contributed by atoms with E-state index in [9.17, 15) is 18.0 Å². The lowest BCUT2D eigenvalue weighted by Gasteiger charge is -2.14. The maximum Gasteiger partial charge on any atom is 0.337 e. The Labute approximate surface area is 115 Å². The molecule has 0 fully saturated rings. The number of carbonyl (C=O) groups excluding carboxylic acids is 1. The number of nitrogens with two attached hydrogens (primary N) is 1. The monoisotopic (exact) mass is 302 g/mol. The van der Waals surface area contributed by atoms with Gasteiger partial charge in [-0.3, -0.25) is 4.79 Å². The number of carboxylic acid groups (broad SMARTS) is 1. The number of methoxy groups -OCH3 is 1. The molecule has 1 aromatic carbocycles. The molecule has 0 heterocycles. The molecule has 0 saturated carbocycles. The normalized spacial score (nSPS) is 12.7. The van der Waals surface area contributed by atoms with E-state index in [1.165, 1.54) is 13.0 Å². The Morgan fingerprint density at radius 3 is 2.50 bits per heavy atom. The number of benzene rings is 1. The van der Waals surface area contributed by atoms with E-state index >= 15 is 0 Å². The van der Waals surface area contributed by atoms with Gasteiger partial charge in [0.15, 0.2) is 0 Å². The maximum absolute atomic E-state index is 12.1. The van der Waals surface area contributed by atoms with Gasteiger partial charge in [0.2, 0.25) is 10.0 Å². The summed E-state index contributed by atoms with van der Waals surface area (Å²) < 4.78 is 30.6. The first-order valence-electron chi connectivity index (χ1n) is 5.42. The predicted molar refractivity (Wildman–Crippen MR) is 69.6 cm³/mol. The van der Waals surface area contributed by atoms with Gasteiger partial charge < -0.3 is 15.6 Å². The Bertz CT molecular complexity index is 640. The highest BCUT2D eigenvalue weighted by molar-refractivity contribution is 7.89. The summed E-state index contributed by atoms with van der Waals surface area (Å²) in [5.41, 5.74) is 5.11. The standard InChI is InChI=1S/C11H14N2O6S/c1-6(11(16)19-2)13-20(17,18)9-5-7(12)3-4-8(9)10(14)15/h3-6,13H,12H2,1-2H3,(H,14,15). The molecule has 0 aromatic heterocycles. The zero-order valence-electron chi connectivity index (χ0n) is 10.8. The van der Waals surface area contributed by atoms with Gasteiger partial charge in [-0.05, 0) is 25.1 Å². The first-order valence-corrected chi connectivity index (χ1v) is 6.90. The lowest BCUT2D eigenvalue weighted by molar-refractivity contribution is -0.142. The second kappa shape index (κ2) is 5.88. The lowest BCUT2D eigenvalue weighted by Crippen LogP contribution is -2.39. The van der Waals surface area contributed by atoms with Crippen molar-refractivity contribution in [1.29, 1.82) is 0 Å². The molecule has 0 radical (unpaired) electrons. The molecule has 1 unspecified atom stereocenters. The molecule has 20 heavy (non-hydrogen) atoms. The number of nitrogen functional groups attached to an aromatic ring is 1. The van der Waals surface area contributed by atoms with Crippen molar-refractivity contribution in [2.75, 3.05) is 12.8 Å². The van der Waals surface area contributed by atoms with Crippen LogP contribution in [0.3, 0.4) is 0 Å². The highest BCUT2D eigenvalue weighted by atomic mass is 32.2. The molecule has 0 spiro atoms. The van der Waals surface area contributed by atoms with Crippen LogP contribution in [0.5, 0.6) is 0 Å². The summed E-state index contributed by atoms with van der Waals surface area (Å²) in [4.78, 5) is 21.7. The molecule has 4 N–H and O–H groups in total. The largest absolute Gasteiger partial charge is 0.478 e. The lowest BCUT2D eigenvalue weighted by atomic mass is 10.2. The van der Waals surface area contributed by atoms with Crippen LogP contribution in [0.15, 0.2) is 23.1 Å². The Morgan fingerprint density at radius 1 is 1.40 bits per heavy atom. The van der Waals surface area contributed by atoms with Gasteiger partial charge in [0, 0.05) is 5.69 Å². The molecule has 0 amide bonds. The highest BCUT2D eigenvalue weighted by Gasteiger charge is 2.27. The highest BCUT2D eigenvalue weighted by Crippen LogP contribution is 2.19. The summed E-state index contributed by atoms with van der Waals surface area (Å²) in [6, 6.07) is 2.20. The Hall–Kier alpha value is -2.13. The second-order valence-electron chi connectivity index (χ2n) is 3.93. The minimum Gasteiger partial charge on any atom is -0.478 e. The summed E-state index contributed by atoms with van der Waals surface area (Å²) in [6.45, 7) is 1.27. The molecule has 0 saturated heterocycles. The molecule has 1 atom stereocenters. The molecule has 0 aliphatic carbocycles. The molecule has 110 valence electrons. The van der Waals surface area contributed by atoms with Gasteiger partial charge in [0.25, 0.3) is 0 Å². The molecule has 0 bridgehead atoms. The van der Waals surface area contributed by atoms with Crippen LogP contribution >= 0.6 is 0 Å². The number of rotatable bonds is 5. The number of hydrogen-bond acceptors (Lipinski definition) is 6. The first-order chi connectivity index (χ1) is 9.19. The topological polar surface area (TPSA) is 136 Å². The van der Waals surface area contributed by atoms with Crippen LogP contribution in [0.1, 0.15) is 17.3 Å². The van der Waals surface area contributed by atoms with E-state index in [0.29, 0.717) is 0 Å². The van der Waals surface area contributed by atoms with Crippen molar-refractivity contribution in [3.63, 3.8) is 0 Å². The molecular formula is C11H14N2O6S. The third-order valence-corrected chi connectivity index (χ3v) is 3.99. The molecular weight excluding hydrogens is 288 g/mol. The molecule has 0 aliphatic rings. The summed E-state index contributed by atoms with van der Waals surface area (Å²) in [5, 5.41) is 8.98. The number of ether oxygens (including phenoxy) is 1. The minimum atomic E-state index is -4.22. The molecule has 9 heteroatoms. The maximum atomic E-state index is 12.1. The van der Waals surface area contributed by atoms with Crippen LogP contribution in [-0.4, -0.2) is 38.6 Å². The number of aromatic carboxylic acids is 1. The van der Waals surface area contributed by atoms with Crippen molar-refractivity contribution in [3.05, 3.63) is 23.8 Å². The smallest absolute Gasteiger partial charge is 0.337 e. The minimum absolute atomic E-state index is 0.0843. The van der Waals surface area contributed by atoms with Crippen molar-refractivity contribution in [1.82, 2.24) is 4.72 Å². The summed E-state index contributed by atoms with van der Waals surface area (Å²) in [7, 11) is -3.12. The number of carboxylic acids is 1. The Morgan fingerprint density at radius 2 is 2.00 bits per heavy atom. The SMILES string of the molecule is COC(=O)C(C)NS(=O)(=O)c1cc(N)ccc1C(=O)O. The van der Waals surface area contributed by atoms with Gasteiger partial charge in [-0.2, -0.15) is 4.72 Å². The van der Waals surface area contributed by atoms with E-state index in [1.54, 1.807) is 0 Å². The van der Waals surface area contributed by atoms with Crippen LogP contribution in [-0.2, 0) is 19.6 Å². The van der Waals surface area contributed by atoms with Crippen LogP contribution in [0.25, 0.3) is 0 Å². The summed E-state index contributed by atoms with van der Waals surface area (Å²) in [5.74, 6) is -2.22. The number of sulfonamides is 1. The fraction of sp³-hybridized carbons (Fsp3) is 0.273. The molecule has 0 aliphatic heterocycles. The number of nitrogens with one attached hydrogen (secondary N) is 1. The molecule has 1 rings (SSSR count). The fourth-order valence-corrected chi connectivity index (χ4v) is 2.88. The Balaban J connectivity index is 3.25. The van der Waals surface area contributed by atoms with E-state index in [-0.39, 0.29) is 5.69 Å². The van der Waals surface area contributed by atoms with E-state index < -0.39 is 38.5 Å². The number of anilines is 1. The van der Waals surface area contributed by atoms with Gasteiger partial charge in [0.1, 0.15) is 6.04 Å². The van der Waals surface area contributed by atoms with E-state index in [2.05, 4.69) is 4.74 Å². The van der Waals surface area contributed by atoms with Crippen LogP contribution in [0.4, 0.5) is 5.69 Å². The van der Waals surface area contributed by atoms with E-state index in [1.807, 2.05) is 4.72 Å². The van der Waals surface area contributed by atoms with Gasteiger partial charge in [-0.25, -0.2) is 13.2 Å². The van der Waals surface area contributed by atoms with Crippen molar-refractivity contribution in [2.45, 2.75) is 17.9 Å². The van der Waals surface area contributed by atoms with Crippen molar-refractivity contribution >= 4 is 27.6 Å². The van der Waals surface area contributed by atoms with Crippen LogP contribution in [0.2, 0.25) is 0 Å². The van der Waals surface area contributed by atoms with E-state index in [4.69, 9.17) is 10.8 Å². The third-order valence-electron chi connectivity index (χ3n) is 2.41. The van der Waals surface area contributed by atoms with Crippen LogP contribution in [0, 0.1) is 0 Å². The third kappa shape index (κ3) is 3.45. The van der Waals surface area contributed by atoms with Crippen molar-refractivity contribution in [3.8, 4) is 0 Å². The number of hydrogen-bond donors (Lipinski definition) is 3. The van der Waals surface area contributed by atoms with Gasteiger partial charge in [-0.1, -0.05) is 0 Å². The number of carbonyl (C=O) groups is 2.